The van der Waals surface area contributed by atoms with E-state index in [2.05, 4.69) is 32.0 Å². The van der Waals surface area contributed by atoms with Gasteiger partial charge < -0.3 is 9.84 Å². The Morgan fingerprint density at radius 1 is 1.35 bits per heavy atom. The Morgan fingerprint density at radius 2 is 2.18 bits per heavy atom. The molecule has 0 saturated heterocycles. The lowest BCUT2D eigenvalue weighted by Gasteiger charge is -2.20. The fourth-order valence-electron chi connectivity index (χ4n) is 2.14. The van der Waals surface area contributed by atoms with Crippen molar-refractivity contribution in [3.63, 3.8) is 0 Å². The highest BCUT2D eigenvalue weighted by Gasteiger charge is 2.16. The lowest BCUT2D eigenvalue weighted by Crippen LogP contribution is -2.19. The van der Waals surface area contributed by atoms with Gasteiger partial charge in [0.2, 0.25) is 0 Å². The molecule has 1 aliphatic rings. The molecular formula is C15H20O2. The summed E-state index contributed by atoms with van der Waals surface area (Å²) in [7, 11) is 0. The van der Waals surface area contributed by atoms with Crippen molar-refractivity contribution in [3.05, 3.63) is 46.7 Å². The largest absolute Gasteiger partial charge is 0.495 e. The minimum absolute atomic E-state index is 0.504. The second-order valence-corrected chi connectivity index (χ2v) is 4.75. The molecule has 0 bridgehead atoms. The number of aliphatic hydroxyl groups excluding tert-OH is 1. The van der Waals surface area contributed by atoms with Crippen LogP contribution in [0.4, 0.5) is 0 Å². The first-order chi connectivity index (χ1) is 8.16. The molecule has 1 aromatic rings. The van der Waals surface area contributed by atoms with Gasteiger partial charge in [-0.15, -0.1) is 0 Å². The number of aliphatic hydroxyl groups is 1. The summed E-state index contributed by atoms with van der Waals surface area (Å²) >= 11 is 0. The summed E-state index contributed by atoms with van der Waals surface area (Å²) < 4.78 is 5.49. The highest BCUT2D eigenvalue weighted by atomic mass is 16.5. The lowest BCUT2D eigenvalue weighted by molar-refractivity contribution is 0.0917. The molecule has 0 spiro atoms. The number of hydrogen-bond donors (Lipinski definition) is 1. The van der Waals surface area contributed by atoms with E-state index < -0.39 is 6.10 Å². The molecule has 2 nitrogen and oxygen atoms in total. The summed E-state index contributed by atoms with van der Waals surface area (Å²) in [5.41, 5.74) is 3.66. The van der Waals surface area contributed by atoms with Crippen LogP contribution < -0.4 is 0 Å². The molecule has 0 aromatic heterocycles. The minimum Gasteiger partial charge on any atom is -0.495 e. The van der Waals surface area contributed by atoms with Gasteiger partial charge in [-0.1, -0.05) is 23.8 Å². The van der Waals surface area contributed by atoms with Gasteiger partial charge in [-0.25, -0.2) is 0 Å². The third-order valence-electron chi connectivity index (χ3n) is 3.21. The normalized spacial score (nSPS) is 17.2. The Hall–Kier alpha value is -1.28. The highest BCUT2D eigenvalue weighted by molar-refractivity contribution is 5.31. The molecule has 0 saturated carbocycles. The van der Waals surface area contributed by atoms with Crippen LogP contribution in [-0.4, -0.2) is 17.8 Å². The fraction of sp³-hybridized carbons (Fsp3) is 0.467. The van der Waals surface area contributed by atoms with Crippen LogP contribution in [0, 0.1) is 13.8 Å². The lowest BCUT2D eigenvalue weighted by atomic mass is 9.99. The van der Waals surface area contributed by atoms with E-state index in [0.29, 0.717) is 6.42 Å². The molecule has 1 N–H and O–H groups in total. The number of aryl methyl sites for hydroxylation is 2. The van der Waals surface area contributed by atoms with E-state index in [9.17, 15) is 5.11 Å². The predicted octanol–water partition coefficient (Wildman–Crippen LogP) is 2.90. The maximum atomic E-state index is 10.1. The first-order valence-electron chi connectivity index (χ1n) is 6.24. The molecule has 2 rings (SSSR count). The summed E-state index contributed by atoms with van der Waals surface area (Å²) in [5, 5.41) is 10.1. The van der Waals surface area contributed by atoms with Crippen molar-refractivity contribution in [2.45, 2.75) is 39.2 Å². The smallest absolute Gasteiger partial charge is 0.121 e. The van der Waals surface area contributed by atoms with Crippen molar-refractivity contribution in [2.24, 2.45) is 0 Å². The van der Waals surface area contributed by atoms with E-state index in [1.165, 1.54) is 16.7 Å². The monoisotopic (exact) mass is 232 g/mol. The third kappa shape index (κ3) is 3.10. The van der Waals surface area contributed by atoms with Gasteiger partial charge in [-0.3, -0.25) is 0 Å². The fourth-order valence-corrected chi connectivity index (χ4v) is 2.14. The van der Waals surface area contributed by atoms with Crippen LogP contribution in [0.15, 0.2) is 30.0 Å². The summed E-state index contributed by atoms with van der Waals surface area (Å²) in [4.78, 5) is 0. The highest BCUT2D eigenvalue weighted by Crippen LogP contribution is 2.19. The van der Waals surface area contributed by atoms with Crippen molar-refractivity contribution >= 4 is 0 Å². The van der Waals surface area contributed by atoms with Gasteiger partial charge in [0.1, 0.15) is 11.9 Å². The molecule has 1 atom stereocenters. The second kappa shape index (κ2) is 5.37. The zero-order valence-corrected chi connectivity index (χ0v) is 10.6. The molecule has 1 heterocycles. The van der Waals surface area contributed by atoms with Crippen molar-refractivity contribution < 1.29 is 9.84 Å². The van der Waals surface area contributed by atoms with Crippen molar-refractivity contribution in [1.29, 1.82) is 0 Å². The van der Waals surface area contributed by atoms with Gasteiger partial charge >= 0.3 is 0 Å². The van der Waals surface area contributed by atoms with Crippen LogP contribution >= 0.6 is 0 Å². The zero-order chi connectivity index (χ0) is 12.3. The van der Waals surface area contributed by atoms with Gasteiger partial charge in [0.15, 0.2) is 0 Å². The molecule has 92 valence electrons. The predicted molar refractivity (Wildman–Crippen MR) is 68.9 cm³/mol. The first kappa shape index (κ1) is 12.2. The number of hydrogen-bond acceptors (Lipinski definition) is 2. The summed E-state index contributed by atoms with van der Waals surface area (Å²) in [6.07, 6.45) is 4.22. The van der Waals surface area contributed by atoms with Gasteiger partial charge in [-0.05, 0) is 43.9 Å². The SMILES string of the molecule is Cc1ccc(C)c(CC(O)C2=CCCCO2)c1. The van der Waals surface area contributed by atoms with E-state index in [4.69, 9.17) is 4.74 Å². The Balaban J connectivity index is 2.09. The average molecular weight is 232 g/mol. The molecule has 0 fully saturated rings. The van der Waals surface area contributed by atoms with Crippen molar-refractivity contribution in [2.75, 3.05) is 6.61 Å². The molecule has 17 heavy (non-hydrogen) atoms. The Bertz CT molecular complexity index is 421. The second-order valence-electron chi connectivity index (χ2n) is 4.75. The van der Waals surface area contributed by atoms with E-state index in [0.717, 1.165) is 25.2 Å². The Labute approximate surface area is 103 Å². The molecule has 0 amide bonds. The molecule has 1 aromatic carbocycles. The topological polar surface area (TPSA) is 29.5 Å². The number of ether oxygens (including phenoxy) is 1. The number of benzene rings is 1. The minimum atomic E-state index is -0.504. The van der Waals surface area contributed by atoms with E-state index in [1.807, 2.05) is 6.08 Å². The third-order valence-corrected chi connectivity index (χ3v) is 3.21. The summed E-state index contributed by atoms with van der Waals surface area (Å²) in [5.74, 6) is 0.747. The van der Waals surface area contributed by atoms with E-state index in [-0.39, 0.29) is 0 Å². The van der Waals surface area contributed by atoms with Crippen molar-refractivity contribution in [1.82, 2.24) is 0 Å². The van der Waals surface area contributed by atoms with Gasteiger partial charge in [0.05, 0.1) is 6.61 Å². The summed E-state index contributed by atoms with van der Waals surface area (Å²) in [6.45, 7) is 4.89. The number of allylic oxidation sites excluding steroid dienone is 1. The quantitative estimate of drug-likeness (QED) is 0.868. The van der Waals surface area contributed by atoms with E-state index >= 15 is 0 Å². The molecular weight excluding hydrogens is 212 g/mol. The van der Waals surface area contributed by atoms with Gasteiger partial charge in [0, 0.05) is 6.42 Å². The Morgan fingerprint density at radius 3 is 2.88 bits per heavy atom. The summed E-state index contributed by atoms with van der Waals surface area (Å²) in [6, 6.07) is 6.34. The first-order valence-corrected chi connectivity index (χ1v) is 6.24. The molecule has 1 unspecified atom stereocenters. The van der Waals surface area contributed by atoms with Crippen LogP contribution in [-0.2, 0) is 11.2 Å². The van der Waals surface area contributed by atoms with Crippen LogP contribution in [0.1, 0.15) is 29.5 Å². The van der Waals surface area contributed by atoms with Crippen LogP contribution in [0.5, 0.6) is 0 Å². The van der Waals surface area contributed by atoms with Crippen LogP contribution in [0.25, 0.3) is 0 Å². The van der Waals surface area contributed by atoms with Crippen molar-refractivity contribution in [3.8, 4) is 0 Å². The standard InChI is InChI=1S/C15H20O2/c1-11-6-7-12(2)13(9-11)10-14(16)15-5-3-4-8-17-15/h5-7,9,14,16H,3-4,8,10H2,1-2H3. The molecule has 1 aliphatic heterocycles. The van der Waals surface area contributed by atoms with E-state index in [1.54, 1.807) is 0 Å². The number of rotatable bonds is 3. The maximum Gasteiger partial charge on any atom is 0.121 e. The van der Waals surface area contributed by atoms with Crippen LogP contribution in [0.3, 0.4) is 0 Å². The maximum absolute atomic E-state index is 10.1. The Kier molecular flexibility index (Phi) is 3.85. The van der Waals surface area contributed by atoms with Crippen LogP contribution in [0.2, 0.25) is 0 Å². The zero-order valence-electron chi connectivity index (χ0n) is 10.6. The molecule has 2 heteroatoms. The van der Waals surface area contributed by atoms with Gasteiger partial charge in [-0.2, -0.15) is 0 Å². The average Bonchev–Trinajstić information content (AvgIpc) is 2.35. The van der Waals surface area contributed by atoms with Gasteiger partial charge in [0.25, 0.3) is 0 Å². The molecule has 0 radical (unpaired) electrons. The molecule has 0 aliphatic carbocycles.